The quantitative estimate of drug-likeness (QED) is 0.699. The monoisotopic (exact) mass is 373 g/mol. The SMILES string of the molecule is O=C1C=C(Nc2ccc(OCc3ccc(F)cc3)cc2)C(=O)c2ccccc21. The minimum atomic E-state index is -0.285. The second-order valence-electron chi connectivity index (χ2n) is 6.36. The molecule has 1 aliphatic rings. The van der Waals surface area contributed by atoms with Crippen molar-refractivity contribution in [1.29, 1.82) is 0 Å². The number of halogens is 1. The fraction of sp³-hybridized carbons (Fsp3) is 0.0435. The summed E-state index contributed by atoms with van der Waals surface area (Å²) in [5, 5.41) is 3.00. The number of carbonyl (C=O) groups is 2. The number of benzene rings is 3. The van der Waals surface area contributed by atoms with Crippen molar-refractivity contribution in [2.75, 3.05) is 5.32 Å². The Hall–Kier alpha value is -3.73. The molecule has 0 fully saturated rings. The van der Waals surface area contributed by atoms with Gasteiger partial charge in [-0.05, 0) is 42.0 Å². The molecule has 1 N–H and O–H groups in total. The molecule has 0 saturated carbocycles. The van der Waals surface area contributed by atoms with E-state index < -0.39 is 0 Å². The lowest BCUT2D eigenvalue weighted by Gasteiger charge is -2.16. The molecule has 0 saturated heterocycles. The van der Waals surface area contributed by atoms with Crippen LogP contribution >= 0.6 is 0 Å². The van der Waals surface area contributed by atoms with Crippen LogP contribution < -0.4 is 10.1 Å². The van der Waals surface area contributed by atoms with Crippen LogP contribution in [-0.4, -0.2) is 11.6 Å². The summed E-state index contributed by atoms with van der Waals surface area (Å²) in [6.45, 7) is 0.321. The Balaban J connectivity index is 1.43. The van der Waals surface area contributed by atoms with Crippen LogP contribution in [0.2, 0.25) is 0 Å². The Morgan fingerprint density at radius 3 is 2.21 bits per heavy atom. The molecular weight excluding hydrogens is 357 g/mol. The first kappa shape index (κ1) is 17.7. The second kappa shape index (κ2) is 7.48. The van der Waals surface area contributed by atoms with Crippen LogP contribution in [0.1, 0.15) is 26.3 Å². The molecule has 3 aromatic carbocycles. The van der Waals surface area contributed by atoms with Crippen LogP contribution in [0, 0.1) is 5.82 Å². The van der Waals surface area contributed by atoms with Crippen molar-refractivity contribution in [2.45, 2.75) is 6.61 Å². The average molecular weight is 373 g/mol. The highest BCUT2D eigenvalue weighted by Crippen LogP contribution is 2.24. The molecule has 0 radical (unpaired) electrons. The summed E-state index contributed by atoms with van der Waals surface area (Å²) in [6, 6.07) is 19.9. The molecule has 5 heteroatoms. The molecule has 1 aliphatic carbocycles. The number of ketones is 2. The van der Waals surface area contributed by atoms with Gasteiger partial charge in [0.25, 0.3) is 0 Å². The number of allylic oxidation sites excluding steroid dienone is 2. The third kappa shape index (κ3) is 3.69. The van der Waals surface area contributed by atoms with Crippen molar-refractivity contribution in [2.24, 2.45) is 0 Å². The van der Waals surface area contributed by atoms with Crippen LogP contribution in [0.15, 0.2) is 84.6 Å². The van der Waals surface area contributed by atoms with Crippen LogP contribution in [0.3, 0.4) is 0 Å². The number of rotatable bonds is 5. The largest absolute Gasteiger partial charge is 0.489 e. The molecule has 0 spiro atoms. The van der Waals surface area contributed by atoms with Gasteiger partial charge >= 0.3 is 0 Å². The molecule has 0 atom stereocenters. The third-order valence-corrected chi connectivity index (χ3v) is 4.41. The Bertz CT molecular complexity index is 1070. The van der Waals surface area contributed by atoms with Gasteiger partial charge in [-0.3, -0.25) is 9.59 Å². The van der Waals surface area contributed by atoms with Crippen LogP contribution in [0.25, 0.3) is 0 Å². The molecule has 138 valence electrons. The highest BCUT2D eigenvalue weighted by Gasteiger charge is 2.25. The lowest BCUT2D eigenvalue weighted by molar-refractivity contribution is 0.0985. The summed E-state index contributed by atoms with van der Waals surface area (Å²) in [5.74, 6) is -0.0594. The molecule has 28 heavy (non-hydrogen) atoms. The zero-order valence-corrected chi connectivity index (χ0v) is 14.8. The molecule has 4 nitrogen and oxygen atoms in total. The van der Waals surface area contributed by atoms with Crippen LogP contribution in [-0.2, 0) is 6.61 Å². The number of carbonyl (C=O) groups excluding carboxylic acids is 2. The highest BCUT2D eigenvalue weighted by atomic mass is 19.1. The van der Waals surface area contributed by atoms with E-state index in [0.29, 0.717) is 29.2 Å². The highest BCUT2D eigenvalue weighted by molar-refractivity contribution is 6.25. The van der Waals surface area contributed by atoms with Gasteiger partial charge in [-0.25, -0.2) is 4.39 Å². The standard InChI is InChI=1S/C23H16FNO3/c24-16-7-5-15(6-8-16)14-28-18-11-9-17(10-12-18)25-21-13-22(26)19-3-1-2-4-20(19)23(21)27/h1-13,25H,14H2. The van der Waals surface area contributed by atoms with E-state index in [1.165, 1.54) is 18.2 Å². The summed E-state index contributed by atoms with van der Waals surface area (Å²) in [5.41, 5.74) is 2.59. The van der Waals surface area contributed by atoms with E-state index in [1.807, 2.05) is 0 Å². The van der Waals surface area contributed by atoms with E-state index >= 15 is 0 Å². The smallest absolute Gasteiger partial charge is 0.210 e. The van der Waals surface area contributed by atoms with E-state index in [9.17, 15) is 14.0 Å². The molecule has 0 heterocycles. The first-order chi connectivity index (χ1) is 13.6. The number of hydrogen-bond acceptors (Lipinski definition) is 4. The minimum absolute atomic E-state index is 0.197. The molecule has 3 aromatic rings. The summed E-state index contributed by atoms with van der Waals surface area (Å²) in [7, 11) is 0. The lowest BCUT2D eigenvalue weighted by Crippen LogP contribution is -2.21. The summed E-state index contributed by atoms with van der Waals surface area (Å²) in [4.78, 5) is 24.8. The molecule has 0 amide bonds. The van der Waals surface area contributed by atoms with E-state index in [2.05, 4.69) is 5.32 Å². The number of Topliss-reactive ketones (excluding diaryl/α,β-unsaturated/α-hetero) is 1. The first-order valence-corrected chi connectivity index (χ1v) is 8.74. The zero-order chi connectivity index (χ0) is 19.5. The minimum Gasteiger partial charge on any atom is -0.489 e. The van der Waals surface area contributed by atoms with Gasteiger partial charge in [0.15, 0.2) is 5.78 Å². The molecule has 0 aliphatic heterocycles. The predicted molar refractivity (Wildman–Crippen MR) is 104 cm³/mol. The van der Waals surface area contributed by atoms with Crippen molar-refractivity contribution in [1.82, 2.24) is 0 Å². The normalized spacial score (nSPS) is 13.0. The topological polar surface area (TPSA) is 55.4 Å². The van der Waals surface area contributed by atoms with Gasteiger partial charge in [0.05, 0.1) is 5.70 Å². The van der Waals surface area contributed by atoms with Crippen LogP contribution in [0.4, 0.5) is 10.1 Å². The van der Waals surface area contributed by atoms with E-state index in [1.54, 1.807) is 60.7 Å². The number of anilines is 1. The maximum atomic E-state index is 12.9. The Morgan fingerprint density at radius 2 is 1.50 bits per heavy atom. The van der Waals surface area contributed by atoms with E-state index in [-0.39, 0.29) is 23.1 Å². The number of nitrogens with one attached hydrogen (secondary N) is 1. The van der Waals surface area contributed by atoms with Crippen molar-refractivity contribution in [3.05, 3.63) is 107 Å². The zero-order valence-electron chi connectivity index (χ0n) is 14.8. The van der Waals surface area contributed by atoms with Crippen molar-refractivity contribution >= 4 is 17.3 Å². The Labute approximate surface area is 161 Å². The maximum absolute atomic E-state index is 12.9. The summed E-state index contributed by atoms with van der Waals surface area (Å²) < 4.78 is 18.6. The second-order valence-corrected chi connectivity index (χ2v) is 6.36. The lowest BCUT2D eigenvalue weighted by atomic mass is 9.92. The number of hydrogen-bond donors (Lipinski definition) is 1. The van der Waals surface area contributed by atoms with Gasteiger partial charge in [0.2, 0.25) is 5.78 Å². The van der Waals surface area contributed by atoms with Crippen molar-refractivity contribution in [3.8, 4) is 5.75 Å². The fourth-order valence-corrected chi connectivity index (χ4v) is 2.95. The van der Waals surface area contributed by atoms with Gasteiger partial charge in [-0.1, -0.05) is 36.4 Å². The average Bonchev–Trinajstić information content (AvgIpc) is 2.72. The molecule has 0 bridgehead atoms. The summed E-state index contributed by atoms with van der Waals surface area (Å²) in [6.07, 6.45) is 1.32. The van der Waals surface area contributed by atoms with E-state index in [4.69, 9.17) is 4.74 Å². The van der Waals surface area contributed by atoms with Crippen molar-refractivity contribution < 1.29 is 18.7 Å². The first-order valence-electron chi connectivity index (χ1n) is 8.74. The predicted octanol–water partition coefficient (Wildman–Crippen LogP) is 4.78. The maximum Gasteiger partial charge on any atom is 0.210 e. The Kier molecular flexibility index (Phi) is 4.72. The van der Waals surface area contributed by atoms with Gasteiger partial charge in [0, 0.05) is 22.9 Å². The third-order valence-electron chi connectivity index (χ3n) is 4.41. The van der Waals surface area contributed by atoms with Gasteiger partial charge < -0.3 is 10.1 Å². The van der Waals surface area contributed by atoms with Gasteiger partial charge in [-0.2, -0.15) is 0 Å². The fourth-order valence-electron chi connectivity index (χ4n) is 2.95. The Morgan fingerprint density at radius 1 is 0.821 bits per heavy atom. The molecule has 0 aromatic heterocycles. The van der Waals surface area contributed by atoms with Crippen LogP contribution in [0.5, 0.6) is 5.75 Å². The van der Waals surface area contributed by atoms with Gasteiger partial charge in [0.1, 0.15) is 18.2 Å². The van der Waals surface area contributed by atoms with Crippen molar-refractivity contribution in [3.63, 3.8) is 0 Å². The number of fused-ring (bicyclic) bond motifs is 1. The number of ether oxygens (including phenoxy) is 1. The van der Waals surface area contributed by atoms with Gasteiger partial charge in [-0.15, -0.1) is 0 Å². The molecule has 0 unspecified atom stereocenters. The molecular formula is C23H16FNO3. The van der Waals surface area contributed by atoms with E-state index in [0.717, 1.165) is 5.56 Å². The molecule has 4 rings (SSSR count). The summed E-state index contributed by atoms with van der Waals surface area (Å²) >= 11 is 0.